The average Bonchev–Trinajstić information content (AvgIpc) is 2.70. The molecule has 0 aliphatic carbocycles. The normalized spacial score (nSPS) is 23.2. The quantitative estimate of drug-likeness (QED) is 0.765. The molecule has 2 aromatic heterocycles. The summed E-state index contributed by atoms with van der Waals surface area (Å²) in [5.41, 5.74) is 0.826. The third-order valence-corrected chi connectivity index (χ3v) is 4.74. The summed E-state index contributed by atoms with van der Waals surface area (Å²) < 4.78 is 25.0. The van der Waals surface area contributed by atoms with Crippen LogP contribution in [0.15, 0.2) is 24.5 Å². The van der Waals surface area contributed by atoms with Crippen molar-refractivity contribution in [2.75, 3.05) is 18.1 Å². The van der Waals surface area contributed by atoms with Gasteiger partial charge in [0.05, 0.1) is 35.5 Å². The van der Waals surface area contributed by atoms with Crippen molar-refractivity contribution >= 4 is 15.4 Å². The van der Waals surface area contributed by atoms with E-state index in [1.165, 1.54) is 0 Å². The summed E-state index contributed by atoms with van der Waals surface area (Å²) in [6, 6.07) is 2.99. The Hall–Kier alpha value is -1.60. The molecule has 3 heterocycles. The number of rotatable bonds is 1. The Balaban J connectivity index is 2.06. The Labute approximate surface area is 104 Å². The van der Waals surface area contributed by atoms with Crippen LogP contribution in [-0.4, -0.2) is 41.0 Å². The molecule has 1 atom stereocenters. The molecule has 1 aliphatic heterocycles. The Morgan fingerprint density at radius 3 is 3.06 bits per heavy atom. The number of fused-ring (bicyclic) bond motifs is 1. The van der Waals surface area contributed by atoms with Crippen molar-refractivity contribution in [2.24, 2.45) is 0 Å². The highest BCUT2D eigenvalue weighted by Crippen LogP contribution is 2.21. The highest BCUT2D eigenvalue weighted by atomic mass is 32.2. The van der Waals surface area contributed by atoms with E-state index in [2.05, 4.69) is 10.3 Å². The third kappa shape index (κ3) is 1.95. The first-order valence-corrected chi connectivity index (χ1v) is 7.47. The minimum atomic E-state index is -3.02. The fraction of sp³-hybridized carbons (Fsp3) is 0.364. The van der Waals surface area contributed by atoms with E-state index < -0.39 is 9.84 Å². The number of imidazole rings is 1. The summed E-state index contributed by atoms with van der Waals surface area (Å²) >= 11 is 0. The lowest BCUT2D eigenvalue weighted by Crippen LogP contribution is -2.40. The molecular weight excluding hydrogens is 254 g/mol. The van der Waals surface area contributed by atoms with E-state index in [1.807, 2.05) is 0 Å². The maximum absolute atomic E-state index is 11.6. The van der Waals surface area contributed by atoms with Crippen molar-refractivity contribution in [2.45, 2.75) is 6.04 Å². The van der Waals surface area contributed by atoms with E-state index in [1.54, 1.807) is 28.9 Å². The summed E-state index contributed by atoms with van der Waals surface area (Å²) in [5.74, 6) is 0.949. The van der Waals surface area contributed by atoms with Gasteiger partial charge < -0.3 is 10.4 Å². The molecule has 0 spiro atoms. The lowest BCUT2D eigenvalue weighted by atomic mass is 10.3. The number of aromatic nitrogens is 2. The predicted molar refractivity (Wildman–Crippen MR) is 66.3 cm³/mol. The van der Waals surface area contributed by atoms with Gasteiger partial charge in [-0.05, 0) is 12.1 Å². The molecule has 1 fully saturated rings. The highest BCUT2D eigenvalue weighted by Gasteiger charge is 2.28. The van der Waals surface area contributed by atoms with E-state index in [0.29, 0.717) is 12.4 Å². The van der Waals surface area contributed by atoms with Crippen LogP contribution in [0.4, 0.5) is 0 Å². The minimum absolute atomic E-state index is 0.0434. The number of sulfone groups is 1. The number of pyridine rings is 1. The molecule has 0 aromatic carbocycles. The summed E-state index contributed by atoms with van der Waals surface area (Å²) in [5, 5.41) is 12.6. The third-order valence-electron chi connectivity index (χ3n) is 3.08. The number of hydrogen-bond acceptors (Lipinski definition) is 5. The van der Waals surface area contributed by atoms with Crippen molar-refractivity contribution < 1.29 is 13.5 Å². The van der Waals surface area contributed by atoms with Gasteiger partial charge in [-0.2, -0.15) is 0 Å². The predicted octanol–water partition coefficient (Wildman–Crippen LogP) is 0.0990. The highest BCUT2D eigenvalue weighted by molar-refractivity contribution is 7.91. The van der Waals surface area contributed by atoms with Crippen LogP contribution in [0.25, 0.3) is 5.52 Å². The van der Waals surface area contributed by atoms with E-state index in [4.69, 9.17) is 0 Å². The van der Waals surface area contributed by atoms with Crippen molar-refractivity contribution in [3.8, 4) is 5.75 Å². The Morgan fingerprint density at radius 1 is 1.44 bits per heavy atom. The van der Waals surface area contributed by atoms with Crippen LogP contribution in [0, 0.1) is 0 Å². The fourth-order valence-electron chi connectivity index (χ4n) is 2.21. The molecule has 6 nitrogen and oxygen atoms in total. The molecule has 7 heteroatoms. The van der Waals surface area contributed by atoms with Gasteiger partial charge in [0.15, 0.2) is 9.84 Å². The van der Waals surface area contributed by atoms with Crippen LogP contribution in [0.3, 0.4) is 0 Å². The smallest absolute Gasteiger partial charge is 0.153 e. The molecule has 2 aromatic rings. The molecule has 0 bridgehead atoms. The van der Waals surface area contributed by atoms with E-state index in [-0.39, 0.29) is 23.3 Å². The van der Waals surface area contributed by atoms with Crippen LogP contribution in [-0.2, 0) is 9.84 Å². The van der Waals surface area contributed by atoms with Gasteiger partial charge >= 0.3 is 0 Å². The first-order chi connectivity index (χ1) is 8.55. The lowest BCUT2D eigenvalue weighted by molar-refractivity contribution is 0.469. The molecule has 2 N–H and O–H groups in total. The number of aromatic hydroxyl groups is 1. The van der Waals surface area contributed by atoms with E-state index >= 15 is 0 Å². The van der Waals surface area contributed by atoms with Gasteiger partial charge in [0, 0.05) is 6.54 Å². The van der Waals surface area contributed by atoms with Gasteiger partial charge in [-0.15, -0.1) is 0 Å². The molecule has 1 saturated heterocycles. The summed E-state index contributed by atoms with van der Waals surface area (Å²) in [6.45, 7) is 0.431. The zero-order valence-electron chi connectivity index (χ0n) is 9.57. The number of hydrogen-bond donors (Lipinski definition) is 2. The Morgan fingerprint density at radius 2 is 2.28 bits per heavy atom. The lowest BCUT2D eigenvalue weighted by Gasteiger charge is -2.22. The first kappa shape index (κ1) is 11.5. The first-order valence-electron chi connectivity index (χ1n) is 5.65. The Bertz CT molecular complexity index is 693. The molecule has 0 saturated carbocycles. The molecule has 1 aliphatic rings. The molecule has 0 amide bonds. The largest absolute Gasteiger partial charge is 0.506 e. The molecular formula is C11H13N3O3S. The average molecular weight is 267 g/mol. The van der Waals surface area contributed by atoms with Crippen molar-refractivity contribution in [1.82, 2.24) is 14.7 Å². The second-order valence-electron chi connectivity index (χ2n) is 4.42. The van der Waals surface area contributed by atoms with Crippen molar-refractivity contribution in [3.05, 3.63) is 30.4 Å². The molecule has 18 heavy (non-hydrogen) atoms. The molecule has 96 valence electrons. The monoisotopic (exact) mass is 267 g/mol. The topological polar surface area (TPSA) is 83.7 Å². The van der Waals surface area contributed by atoms with Crippen molar-refractivity contribution in [3.63, 3.8) is 0 Å². The van der Waals surface area contributed by atoms with Gasteiger partial charge in [0.2, 0.25) is 0 Å². The van der Waals surface area contributed by atoms with Gasteiger partial charge in [0.1, 0.15) is 11.6 Å². The fourth-order valence-corrected chi connectivity index (χ4v) is 3.58. The van der Waals surface area contributed by atoms with Crippen LogP contribution in [0.1, 0.15) is 11.9 Å². The summed E-state index contributed by atoms with van der Waals surface area (Å²) in [7, 11) is -3.02. The van der Waals surface area contributed by atoms with Gasteiger partial charge in [-0.3, -0.25) is 4.40 Å². The summed E-state index contributed by atoms with van der Waals surface area (Å²) in [6.07, 6.45) is 3.21. The second-order valence-corrected chi connectivity index (χ2v) is 6.65. The van der Waals surface area contributed by atoms with Crippen molar-refractivity contribution in [1.29, 1.82) is 0 Å². The zero-order valence-corrected chi connectivity index (χ0v) is 10.4. The van der Waals surface area contributed by atoms with Crippen LogP contribution in [0.2, 0.25) is 0 Å². The number of nitrogens with zero attached hydrogens (tertiary/aromatic N) is 2. The van der Waals surface area contributed by atoms with E-state index in [9.17, 15) is 13.5 Å². The van der Waals surface area contributed by atoms with E-state index in [0.717, 1.165) is 5.52 Å². The molecule has 3 rings (SSSR count). The second kappa shape index (κ2) is 3.96. The maximum Gasteiger partial charge on any atom is 0.153 e. The van der Waals surface area contributed by atoms with Gasteiger partial charge in [0.25, 0.3) is 0 Å². The van der Waals surface area contributed by atoms with Gasteiger partial charge in [-0.25, -0.2) is 13.4 Å². The molecule has 0 radical (unpaired) electrons. The zero-order chi connectivity index (χ0) is 12.8. The molecule has 1 unspecified atom stereocenters. The van der Waals surface area contributed by atoms with Crippen LogP contribution < -0.4 is 5.32 Å². The summed E-state index contributed by atoms with van der Waals surface area (Å²) in [4.78, 5) is 4.25. The van der Waals surface area contributed by atoms with Gasteiger partial charge in [-0.1, -0.05) is 0 Å². The minimum Gasteiger partial charge on any atom is -0.506 e. The standard InChI is InChI=1S/C11H13N3O3S/c15-9-2-1-8-5-13-11(14(8)6-9)10-7-18(16,17)4-3-12-10/h1-2,5-6,10,12,15H,3-4,7H2. The Kier molecular flexibility index (Phi) is 2.53. The van der Waals surface area contributed by atoms with Crippen LogP contribution >= 0.6 is 0 Å². The van der Waals surface area contributed by atoms with Crippen LogP contribution in [0.5, 0.6) is 5.75 Å². The maximum atomic E-state index is 11.6. The number of nitrogens with one attached hydrogen (secondary N) is 1. The SMILES string of the molecule is O=S1(=O)CCNC(c2ncc3ccc(O)cn23)C1.